The van der Waals surface area contributed by atoms with Gasteiger partial charge >= 0.3 is 29.0 Å². The minimum atomic E-state index is -0.708. The van der Waals surface area contributed by atoms with Crippen molar-refractivity contribution in [2.24, 2.45) is 0 Å². The van der Waals surface area contributed by atoms with E-state index in [1.54, 1.807) is 0 Å². The van der Waals surface area contributed by atoms with Crippen molar-refractivity contribution in [2.75, 3.05) is 5.75 Å². The number of carboxylic acid groups (broad SMARTS) is 1. The number of carboxylic acids is 1. The van der Waals surface area contributed by atoms with Crippen LogP contribution in [0.5, 0.6) is 0 Å². The molecule has 0 amide bonds. The molecule has 0 aliphatic carbocycles. The molecule has 0 aromatic carbocycles. The van der Waals surface area contributed by atoms with Gasteiger partial charge in [0.15, 0.2) is 0 Å². The molecule has 0 fully saturated rings. The Morgan fingerprint density at radius 2 is 1.92 bits per heavy atom. The third-order valence-corrected chi connectivity index (χ3v) is 2.41. The van der Waals surface area contributed by atoms with Crippen molar-refractivity contribution in [2.45, 2.75) is 37.4 Å². The van der Waals surface area contributed by atoms with Crippen LogP contribution in [-0.2, 0) is 4.79 Å². The second-order valence-corrected chi connectivity index (χ2v) is 3.98. The van der Waals surface area contributed by atoms with Gasteiger partial charge in [-0.15, -0.1) is 0 Å². The van der Waals surface area contributed by atoms with E-state index in [0.717, 1.165) is 31.4 Å². The van der Waals surface area contributed by atoms with Crippen molar-refractivity contribution in [3.63, 3.8) is 0 Å². The molecule has 5 heteroatoms. The molecule has 0 rings (SSSR count). The molecular formula is C8H16MgO2S2+2. The molecule has 0 heterocycles. The fourth-order valence-corrected chi connectivity index (χ4v) is 1.78. The van der Waals surface area contributed by atoms with Gasteiger partial charge in [-0.2, -0.15) is 25.3 Å². The zero-order valence-electron chi connectivity index (χ0n) is 7.78. The van der Waals surface area contributed by atoms with Gasteiger partial charge in [0.2, 0.25) is 0 Å². The van der Waals surface area contributed by atoms with Gasteiger partial charge in [-0.25, -0.2) is 0 Å². The Morgan fingerprint density at radius 1 is 1.31 bits per heavy atom. The smallest absolute Gasteiger partial charge is 0.481 e. The first-order valence-electron chi connectivity index (χ1n) is 4.17. The molecule has 0 saturated heterocycles. The molecule has 1 N–H and O–H groups in total. The Bertz CT molecular complexity index is 133. The number of thiol groups is 2. The number of unbranched alkanes of at least 4 members (excludes halogenated alkanes) is 1. The van der Waals surface area contributed by atoms with Crippen molar-refractivity contribution >= 4 is 54.3 Å². The maximum absolute atomic E-state index is 10.1. The van der Waals surface area contributed by atoms with E-state index in [9.17, 15) is 4.79 Å². The van der Waals surface area contributed by atoms with Crippen molar-refractivity contribution in [1.82, 2.24) is 0 Å². The fourth-order valence-electron chi connectivity index (χ4n) is 0.950. The molecule has 1 atom stereocenters. The number of rotatable bonds is 7. The Hall–Kier alpha value is 0.936. The minimum Gasteiger partial charge on any atom is -0.481 e. The maximum atomic E-state index is 10.1. The van der Waals surface area contributed by atoms with E-state index in [2.05, 4.69) is 25.3 Å². The summed E-state index contributed by atoms with van der Waals surface area (Å²) in [5.74, 6) is 0.146. The van der Waals surface area contributed by atoms with E-state index in [1.807, 2.05) is 0 Å². The van der Waals surface area contributed by atoms with Crippen LogP contribution in [0.25, 0.3) is 0 Å². The molecule has 0 aromatic heterocycles. The largest absolute Gasteiger partial charge is 2.00 e. The van der Waals surface area contributed by atoms with Crippen LogP contribution < -0.4 is 0 Å². The van der Waals surface area contributed by atoms with Crippen molar-refractivity contribution < 1.29 is 9.90 Å². The summed E-state index contributed by atoms with van der Waals surface area (Å²) in [7, 11) is 0. The molecule has 0 radical (unpaired) electrons. The predicted molar refractivity (Wildman–Crippen MR) is 63.1 cm³/mol. The van der Waals surface area contributed by atoms with Crippen molar-refractivity contribution in [3.05, 3.63) is 0 Å². The monoisotopic (exact) mass is 232 g/mol. The maximum Gasteiger partial charge on any atom is 2.00 e. The fraction of sp³-hybridized carbons (Fsp3) is 0.875. The second-order valence-electron chi connectivity index (χ2n) is 2.81. The zero-order valence-corrected chi connectivity index (χ0v) is 11.0. The normalized spacial score (nSPS) is 11.8. The quantitative estimate of drug-likeness (QED) is 0.356. The van der Waals surface area contributed by atoms with E-state index < -0.39 is 5.97 Å². The predicted octanol–water partition coefficient (Wildman–Crippen LogP) is 1.87. The Kier molecular flexibility index (Phi) is 13.9. The number of carbonyl (C=O) groups is 1. The first-order valence-corrected chi connectivity index (χ1v) is 5.32. The third kappa shape index (κ3) is 12.9. The first-order chi connectivity index (χ1) is 5.66. The summed E-state index contributed by atoms with van der Waals surface area (Å²) in [5, 5.41) is 8.74. The summed E-state index contributed by atoms with van der Waals surface area (Å²) in [6.07, 6.45) is 3.99. The van der Waals surface area contributed by atoms with Crippen molar-refractivity contribution in [3.8, 4) is 0 Å². The summed E-state index contributed by atoms with van der Waals surface area (Å²) in [5.41, 5.74) is 0. The summed E-state index contributed by atoms with van der Waals surface area (Å²) < 4.78 is 0. The SMILES string of the molecule is O=C(O)CCCC[C@H](S)CCS.[Mg+2]. The molecule has 13 heavy (non-hydrogen) atoms. The van der Waals surface area contributed by atoms with Crippen LogP contribution in [0.4, 0.5) is 0 Å². The Balaban J connectivity index is 0. The van der Waals surface area contributed by atoms with E-state index in [4.69, 9.17) is 5.11 Å². The van der Waals surface area contributed by atoms with Gasteiger partial charge in [-0.1, -0.05) is 6.42 Å². The molecule has 0 spiro atoms. The van der Waals surface area contributed by atoms with Crippen LogP contribution in [-0.4, -0.2) is 45.1 Å². The van der Waals surface area contributed by atoms with Crippen LogP contribution in [0.3, 0.4) is 0 Å². The Labute approximate surface area is 107 Å². The topological polar surface area (TPSA) is 37.3 Å². The standard InChI is InChI=1S/C8H16O2S2.Mg/c9-8(10)4-2-1-3-7(12)5-6-11;/h7,11-12H,1-6H2,(H,9,10);/q;+2/t7-;/m0./s1. The molecule has 72 valence electrons. The van der Waals surface area contributed by atoms with E-state index in [-0.39, 0.29) is 29.5 Å². The van der Waals surface area contributed by atoms with Crippen LogP contribution >= 0.6 is 25.3 Å². The van der Waals surface area contributed by atoms with Gasteiger partial charge in [0.25, 0.3) is 0 Å². The summed E-state index contributed by atoms with van der Waals surface area (Å²) in [4.78, 5) is 10.1. The minimum absolute atomic E-state index is 0. The molecule has 0 saturated carbocycles. The van der Waals surface area contributed by atoms with Gasteiger partial charge in [-0.05, 0) is 25.0 Å². The van der Waals surface area contributed by atoms with Crippen LogP contribution in [0.2, 0.25) is 0 Å². The molecular weight excluding hydrogens is 217 g/mol. The Morgan fingerprint density at radius 3 is 2.38 bits per heavy atom. The number of aliphatic carboxylic acids is 1. The molecule has 0 aliphatic rings. The van der Waals surface area contributed by atoms with Gasteiger partial charge < -0.3 is 5.11 Å². The van der Waals surface area contributed by atoms with Crippen LogP contribution in [0.1, 0.15) is 32.1 Å². The summed E-state index contributed by atoms with van der Waals surface area (Å²) in [6, 6.07) is 0. The van der Waals surface area contributed by atoms with Crippen LogP contribution in [0, 0.1) is 0 Å². The van der Waals surface area contributed by atoms with Gasteiger partial charge in [0.05, 0.1) is 0 Å². The number of hydrogen-bond donors (Lipinski definition) is 3. The molecule has 2 nitrogen and oxygen atoms in total. The van der Waals surface area contributed by atoms with Gasteiger partial charge in [0, 0.05) is 11.7 Å². The molecule has 0 bridgehead atoms. The number of hydrogen-bond acceptors (Lipinski definition) is 3. The van der Waals surface area contributed by atoms with E-state index in [1.165, 1.54) is 0 Å². The molecule has 0 unspecified atom stereocenters. The third-order valence-electron chi connectivity index (χ3n) is 1.64. The average molecular weight is 233 g/mol. The molecule has 0 aliphatic heterocycles. The molecule has 0 aromatic rings. The summed E-state index contributed by atoms with van der Waals surface area (Å²) in [6.45, 7) is 0. The van der Waals surface area contributed by atoms with Gasteiger partial charge in [-0.3, -0.25) is 4.79 Å². The zero-order chi connectivity index (χ0) is 9.40. The van der Waals surface area contributed by atoms with E-state index in [0.29, 0.717) is 5.25 Å². The van der Waals surface area contributed by atoms with E-state index >= 15 is 0 Å². The second kappa shape index (κ2) is 11.0. The van der Waals surface area contributed by atoms with Gasteiger partial charge in [0.1, 0.15) is 0 Å². The van der Waals surface area contributed by atoms with Crippen molar-refractivity contribution in [1.29, 1.82) is 0 Å². The average Bonchev–Trinajstić information content (AvgIpc) is 1.98. The summed E-state index contributed by atoms with van der Waals surface area (Å²) >= 11 is 8.43. The van der Waals surface area contributed by atoms with Crippen LogP contribution in [0.15, 0.2) is 0 Å². The first kappa shape index (κ1) is 16.4.